The van der Waals surface area contributed by atoms with Crippen molar-refractivity contribution in [3.63, 3.8) is 0 Å². The summed E-state index contributed by atoms with van der Waals surface area (Å²) in [4.78, 5) is 18.3. The molecule has 2 rings (SSSR count). The number of piperidine rings is 1. The van der Waals surface area contributed by atoms with Crippen molar-refractivity contribution in [1.82, 2.24) is 14.6 Å². The number of hydrogen-bond donors (Lipinski definition) is 2. The Hall–Kier alpha value is -1.67. The number of anilines is 1. The van der Waals surface area contributed by atoms with Gasteiger partial charge < -0.3 is 10.6 Å². The third-order valence-corrected chi connectivity index (χ3v) is 4.26. The molecule has 7 nitrogen and oxygen atoms in total. The maximum absolute atomic E-state index is 12.5. The highest BCUT2D eigenvalue weighted by atomic mass is 32.2. The van der Waals surface area contributed by atoms with Crippen LogP contribution in [0.3, 0.4) is 0 Å². The number of aromatic nitrogens is 1. The first-order valence-corrected chi connectivity index (χ1v) is 8.64. The molecule has 0 unspecified atom stereocenters. The van der Waals surface area contributed by atoms with Crippen LogP contribution in [-0.4, -0.2) is 49.6 Å². The summed E-state index contributed by atoms with van der Waals surface area (Å²) in [6.07, 6.45) is 3.88. The van der Waals surface area contributed by atoms with Gasteiger partial charge in [-0.2, -0.15) is 0 Å². The molecule has 0 atom stereocenters. The molecule has 1 amide bonds. The van der Waals surface area contributed by atoms with Crippen molar-refractivity contribution in [3.05, 3.63) is 23.5 Å². The molecule has 1 aromatic heterocycles. The minimum absolute atomic E-state index is 0.106. The van der Waals surface area contributed by atoms with E-state index >= 15 is 0 Å². The van der Waals surface area contributed by atoms with Crippen LogP contribution in [-0.2, 0) is 10.0 Å². The fourth-order valence-electron chi connectivity index (χ4n) is 2.44. The van der Waals surface area contributed by atoms with E-state index in [4.69, 9.17) is 5.73 Å². The standard InChI is InChI=1S/C13H20N4O3S/c1-9-12(7-10(14)8-15-9)13(18)17-5-3-11(4-6-17)16-21(2,19)20/h7-8,11,16H,3-6,14H2,1-2H3. The van der Waals surface area contributed by atoms with E-state index in [9.17, 15) is 13.2 Å². The molecule has 116 valence electrons. The third-order valence-electron chi connectivity index (χ3n) is 3.50. The first-order valence-electron chi connectivity index (χ1n) is 6.75. The number of pyridine rings is 1. The maximum Gasteiger partial charge on any atom is 0.255 e. The Bertz CT molecular complexity index is 637. The van der Waals surface area contributed by atoms with Crippen molar-refractivity contribution in [1.29, 1.82) is 0 Å². The molecule has 0 spiro atoms. The zero-order valence-electron chi connectivity index (χ0n) is 12.2. The lowest BCUT2D eigenvalue weighted by atomic mass is 10.0. The van der Waals surface area contributed by atoms with Gasteiger partial charge >= 0.3 is 0 Å². The van der Waals surface area contributed by atoms with Gasteiger partial charge in [-0.3, -0.25) is 9.78 Å². The molecule has 2 heterocycles. The Labute approximate surface area is 124 Å². The topological polar surface area (TPSA) is 105 Å². The molecule has 1 aliphatic heterocycles. The molecule has 1 aliphatic rings. The van der Waals surface area contributed by atoms with Gasteiger partial charge in [0.1, 0.15) is 0 Å². The van der Waals surface area contributed by atoms with Crippen LogP contribution in [0, 0.1) is 6.92 Å². The predicted molar refractivity (Wildman–Crippen MR) is 80.3 cm³/mol. The van der Waals surface area contributed by atoms with E-state index in [1.54, 1.807) is 17.9 Å². The van der Waals surface area contributed by atoms with Crippen molar-refractivity contribution < 1.29 is 13.2 Å². The number of rotatable bonds is 3. The van der Waals surface area contributed by atoms with Crippen LogP contribution < -0.4 is 10.5 Å². The molecule has 8 heteroatoms. The minimum Gasteiger partial charge on any atom is -0.397 e. The lowest BCUT2D eigenvalue weighted by molar-refractivity contribution is 0.0710. The molecule has 0 aliphatic carbocycles. The molecule has 0 radical (unpaired) electrons. The molecular weight excluding hydrogens is 292 g/mol. The largest absolute Gasteiger partial charge is 0.397 e. The summed E-state index contributed by atoms with van der Waals surface area (Å²) >= 11 is 0. The van der Waals surface area contributed by atoms with Crippen LogP contribution in [0.2, 0.25) is 0 Å². The average Bonchev–Trinajstić information content (AvgIpc) is 2.40. The smallest absolute Gasteiger partial charge is 0.255 e. The third kappa shape index (κ3) is 4.15. The number of aryl methyl sites for hydroxylation is 1. The Morgan fingerprint density at radius 2 is 2.05 bits per heavy atom. The van der Waals surface area contributed by atoms with E-state index in [1.165, 1.54) is 6.20 Å². The summed E-state index contributed by atoms with van der Waals surface area (Å²) in [6.45, 7) is 2.80. The van der Waals surface area contributed by atoms with Gasteiger partial charge in [-0.15, -0.1) is 0 Å². The molecule has 1 saturated heterocycles. The van der Waals surface area contributed by atoms with Crippen LogP contribution >= 0.6 is 0 Å². The fraction of sp³-hybridized carbons (Fsp3) is 0.538. The highest BCUT2D eigenvalue weighted by Crippen LogP contribution is 2.17. The monoisotopic (exact) mass is 312 g/mol. The normalized spacial score (nSPS) is 17.0. The van der Waals surface area contributed by atoms with Gasteiger partial charge in [-0.1, -0.05) is 0 Å². The first-order chi connectivity index (χ1) is 9.76. The lowest BCUT2D eigenvalue weighted by Gasteiger charge is -2.32. The number of carbonyl (C=O) groups excluding carboxylic acids is 1. The van der Waals surface area contributed by atoms with Crippen molar-refractivity contribution in [2.75, 3.05) is 25.1 Å². The SMILES string of the molecule is Cc1ncc(N)cc1C(=O)N1CCC(NS(C)(=O)=O)CC1. The second kappa shape index (κ2) is 5.98. The average molecular weight is 312 g/mol. The number of nitrogens with two attached hydrogens (primary N) is 1. The molecule has 1 aromatic rings. The zero-order valence-corrected chi connectivity index (χ0v) is 13.0. The summed E-state index contributed by atoms with van der Waals surface area (Å²) in [6, 6.07) is 1.52. The van der Waals surface area contributed by atoms with Crippen LogP contribution in [0.15, 0.2) is 12.3 Å². The second-order valence-corrected chi connectivity index (χ2v) is 7.14. The quantitative estimate of drug-likeness (QED) is 0.825. The summed E-state index contributed by atoms with van der Waals surface area (Å²) in [5.74, 6) is -0.106. The summed E-state index contributed by atoms with van der Waals surface area (Å²) in [5, 5.41) is 0. The highest BCUT2D eigenvalue weighted by Gasteiger charge is 2.26. The maximum atomic E-state index is 12.5. The number of nitrogens with one attached hydrogen (secondary N) is 1. The van der Waals surface area contributed by atoms with Crippen molar-refractivity contribution in [2.45, 2.75) is 25.8 Å². The number of nitrogens with zero attached hydrogens (tertiary/aromatic N) is 2. The Balaban J connectivity index is 2.02. The van der Waals surface area contributed by atoms with E-state index in [0.717, 1.165) is 6.26 Å². The summed E-state index contributed by atoms with van der Waals surface area (Å²) < 4.78 is 25.0. The number of hydrogen-bond acceptors (Lipinski definition) is 5. The van der Waals surface area contributed by atoms with Gasteiger partial charge in [-0.25, -0.2) is 13.1 Å². The van der Waals surface area contributed by atoms with Gasteiger partial charge in [0, 0.05) is 19.1 Å². The Morgan fingerprint density at radius 3 is 2.62 bits per heavy atom. The van der Waals surface area contributed by atoms with Crippen LogP contribution in [0.1, 0.15) is 28.9 Å². The van der Waals surface area contributed by atoms with Gasteiger partial charge in [0.05, 0.1) is 29.4 Å². The summed E-state index contributed by atoms with van der Waals surface area (Å²) in [7, 11) is -3.21. The lowest BCUT2D eigenvalue weighted by Crippen LogP contribution is -2.46. The van der Waals surface area contributed by atoms with Gasteiger partial charge in [0.15, 0.2) is 0 Å². The Kier molecular flexibility index (Phi) is 4.48. The van der Waals surface area contributed by atoms with Crippen molar-refractivity contribution in [2.24, 2.45) is 0 Å². The molecule has 3 N–H and O–H groups in total. The van der Waals surface area contributed by atoms with E-state index in [2.05, 4.69) is 9.71 Å². The molecule has 1 fully saturated rings. The number of carbonyl (C=O) groups is 1. The number of sulfonamides is 1. The van der Waals surface area contributed by atoms with Gasteiger partial charge in [0.2, 0.25) is 10.0 Å². The summed E-state index contributed by atoms with van der Waals surface area (Å²) in [5.41, 5.74) is 7.28. The zero-order chi connectivity index (χ0) is 15.6. The highest BCUT2D eigenvalue weighted by molar-refractivity contribution is 7.88. The number of amides is 1. The molecule has 0 saturated carbocycles. The number of likely N-dealkylation sites (tertiary alicyclic amines) is 1. The Morgan fingerprint density at radius 1 is 1.43 bits per heavy atom. The van der Waals surface area contributed by atoms with E-state index in [-0.39, 0.29) is 11.9 Å². The van der Waals surface area contributed by atoms with Crippen LogP contribution in [0.4, 0.5) is 5.69 Å². The molecular formula is C13H20N4O3S. The predicted octanol–water partition coefficient (Wildman–Crippen LogP) is 0.126. The van der Waals surface area contributed by atoms with E-state index < -0.39 is 10.0 Å². The molecule has 0 aromatic carbocycles. The fourth-order valence-corrected chi connectivity index (χ4v) is 3.28. The van der Waals surface area contributed by atoms with E-state index in [1.807, 2.05) is 0 Å². The van der Waals surface area contributed by atoms with Gasteiger partial charge in [-0.05, 0) is 25.8 Å². The van der Waals surface area contributed by atoms with Crippen LogP contribution in [0.25, 0.3) is 0 Å². The number of nitrogen functional groups attached to an aromatic ring is 1. The molecule has 0 bridgehead atoms. The van der Waals surface area contributed by atoms with E-state index in [0.29, 0.717) is 42.9 Å². The van der Waals surface area contributed by atoms with Crippen molar-refractivity contribution in [3.8, 4) is 0 Å². The molecule has 21 heavy (non-hydrogen) atoms. The first kappa shape index (κ1) is 15.7. The van der Waals surface area contributed by atoms with Crippen molar-refractivity contribution >= 4 is 21.6 Å². The minimum atomic E-state index is -3.21. The van der Waals surface area contributed by atoms with Gasteiger partial charge in [0.25, 0.3) is 5.91 Å². The second-order valence-electron chi connectivity index (χ2n) is 5.36. The van der Waals surface area contributed by atoms with Crippen LogP contribution in [0.5, 0.6) is 0 Å².